The Bertz CT molecular complexity index is 1580. The molecule has 1 aliphatic rings. The van der Waals surface area contributed by atoms with Crippen LogP contribution in [-0.4, -0.2) is 37.1 Å². The zero-order valence-corrected chi connectivity index (χ0v) is 25.8. The summed E-state index contributed by atoms with van der Waals surface area (Å²) in [4.78, 5) is 0. The van der Waals surface area contributed by atoms with E-state index in [4.69, 9.17) is 4.18 Å². The summed E-state index contributed by atoms with van der Waals surface area (Å²) in [7, 11) is -5.64. The molecule has 0 amide bonds. The summed E-state index contributed by atoms with van der Waals surface area (Å²) < 4.78 is 35.5. The van der Waals surface area contributed by atoms with E-state index in [-0.39, 0.29) is 11.7 Å². The summed E-state index contributed by atoms with van der Waals surface area (Å²) in [6.07, 6.45) is 1.50. The van der Waals surface area contributed by atoms with Crippen LogP contribution in [0, 0.1) is 0 Å². The largest absolute Gasteiger partial charge is 0.385 e. The smallest absolute Gasteiger partial charge is 0.371 e. The van der Waals surface area contributed by atoms with Gasteiger partial charge in [-0.1, -0.05) is 140 Å². The van der Waals surface area contributed by atoms with Crippen molar-refractivity contribution in [2.24, 2.45) is 0 Å². The lowest BCUT2D eigenvalue weighted by molar-refractivity contribution is 0.355. The first-order chi connectivity index (χ1) is 20.6. The Morgan fingerprint density at radius 1 is 0.595 bits per heavy atom. The summed E-state index contributed by atoms with van der Waals surface area (Å²) >= 11 is 0. The normalized spacial score (nSPS) is 17.5. The van der Waals surface area contributed by atoms with Crippen molar-refractivity contribution >= 4 is 47.4 Å². The summed E-state index contributed by atoms with van der Waals surface area (Å²) in [5.74, 6) is 0.335. The molecule has 0 N–H and O–H groups in total. The number of para-hydroxylation sites is 1. The molecule has 6 rings (SSSR count). The zero-order valence-electron chi connectivity index (χ0n) is 23.2. The SMILES string of the molecule is O=S(=O)(Oc1ccccc1)N1CC(P(c2ccccc2)c2ccccc2)CC1CP(c1ccccc1)c1ccccc1. The van der Waals surface area contributed by atoms with Crippen LogP contribution in [-0.2, 0) is 10.3 Å². The quantitative estimate of drug-likeness (QED) is 0.182. The molecule has 0 aromatic heterocycles. The Morgan fingerprint density at radius 2 is 1.00 bits per heavy atom. The number of benzene rings is 5. The van der Waals surface area contributed by atoms with Crippen LogP contribution in [0.15, 0.2) is 152 Å². The van der Waals surface area contributed by atoms with E-state index in [9.17, 15) is 8.42 Å². The molecule has 1 heterocycles. The Balaban J connectivity index is 1.40. The van der Waals surface area contributed by atoms with Gasteiger partial charge in [0.15, 0.2) is 0 Å². The standard InChI is InChI=1S/C35H33NO3P2S/c37-42(38,39-30-16-6-1-7-17-30)36-27-35(41(33-22-12-4-13-23-33)34-24-14-5-15-25-34)26-29(36)28-40(31-18-8-2-9-19-31)32-20-10-3-11-21-32/h1-25,29,35H,26-28H2. The Hall–Kier alpha value is -3.33. The minimum atomic E-state index is -4.05. The molecule has 2 unspecified atom stereocenters. The number of rotatable bonds is 10. The van der Waals surface area contributed by atoms with Crippen molar-refractivity contribution < 1.29 is 12.6 Å². The van der Waals surface area contributed by atoms with E-state index >= 15 is 0 Å². The molecule has 0 bridgehead atoms. The zero-order chi connectivity index (χ0) is 28.8. The molecule has 212 valence electrons. The Kier molecular flexibility index (Phi) is 9.12. The molecule has 0 spiro atoms. The fourth-order valence-electron chi connectivity index (χ4n) is 5.67. The van der Waals surface area contributed by atoms with E-state index in [0.29, 0.717) is 12.3 Å². The van der Waals surface area contributed by atoms with Crippen molar-refractivity contribution in [1.82, 2.24) is 4.31 Å². The van der Waals surface area contributed by atoms with Crippen LogP contribution in [0.4, 0.5) is 0 Å². The maximum atomic E-state index is 14.0. The first-order valence-electron chi connectivity index (χ1n) is 14.1. The van der Waals surface area contributed by atoms with E-state index < -0.39 is 26.1 Å². The van der Waals surface area contributed by atoms with Gasteiger partial charge in [-0.05, 0) is 61.8 Å². The van der Waals surface area contributed by atoms with E-state index in [0.717, 1.165) is 12.6 Å². The highest BCUT2D eigenvalue weighted by Gasteiger charge is 2.45. The molecule has 7 heteroatoms. The average Bonchev–Trinajstić information content (AvgIpc) is 3.46. The summed E-state index contributed by atoms with van der Waals surface area (Å²) in [6, 6.07) is 50.8. The monoisotopic (exact) mass is 609 g/mol. The molecule has 42 heavy (non-hydrogen) atoms. The van der Waals surface area contributed by atoms with E-state index in [1.54, 1.807) is 28.6 Å². The molecule has 5 aromatic rings. The van der Waals surface area contributed by atoms with Crippen LogP contribution in [0.25, 0.3) is 0 Å². The van der Waals surface area contributed by atoms with Crippen LogP contribution in [0.1, 0.15) is 6.42 Å². The van der Waals surface area contributed by atoms with Crippen molar-refractivity contribution in [3.63, 3.8) is 0 Å². The van der Waals surface area contributed by atoms with Crippen molar-refractivity contribution in [1.29, 1.82) is 0 Å². The third-order valence-electron chi connectivity index (χ3n) is 7.54. The highest BCUT2D eigenvalue weighted by Crippen LogP contribution is 2.48. The third kappa shape index (κ3) is 6.66. The summed E-state index contributed by atoms with van der Waals surface area (Å²) in [6.45, 7) is 0.419. The van der Waals surface area contributed by atoms with Gasteiger partial charge in [-0.2, -0.15) is 12.7 Å². The molecule has 4 nitrogen and oxygen atoms in total. The number of hydrogen-bond donors (Lipinski definition) is 0. The molecule has 1 saturated heterocycles. The molecule has 5 aromatic carbocycles. The second-order valence-corrected chi connectivity index (χ2v) is 16.5. The van der Waals surface area contributed by atoms with Crippen molar-refractivity contribution in [3.8, 4) is 5.75 Å². The summed E-state index contributed by atoms with van der Waals surface area (Å²) in [5, 5.41) is 5.02. The van der Waals surface area contributed by atoms with Gasteiger partial charge >= 0.3 is 10.3 Å². The van der Waals surface area contributed by atoms with Crippen molar-refractivity contribution in [2.75, 3.05) is 12.7 Å². The lowest BCUT2D eigenvalue weighted by Crippen LogP contribution is -2.41. The molecular weight excluding hydrogens is 576 g/mol. The van der Waals surface area contributed by atoms with Crippen molar-refractivity contribution in [3.05, 3.63) is 152 Å². The van der Waals surface area contributed by atoms with Crippen molar-refractivity contribution in [2.45, 2.75) is 18.1 Å². The van der Waals surface area contributed by atoms with Gasteiger partial charge in [-0.15, -0.1) is 0 Å². The molecule has 2 atom stereocenters. The van der Waals surface area contributed by atoms with Crippen LogP contribution in [0.3, 0.4) is 0 Å². The second kappa shape index (κ2) is 13.3. The van der Waals surface area contributed by atoms with Gasteiger partial charge < -0.3 is 4.18 Å². The minimum absolute atomic E-state index is 0.146. The van der Waals surface area contributed by atoms with Gasteiger partial charge in [-0.25, -0.2) is 0 Å². The van der Waals surface area contributed by atoms with Crippen LogP contribution >= 0.6 is 15.8 Å². The fourth-order valence-corrected chi connectivity index (χ4v) is 12.7. The van der Waals surface area contributed by atoms with Gasteiger partial charge in [-0.3, -0.25) is 0 Å². The van der Waals surface area contributed by atoms with E-state index in [2.05, 4.69) is 97.1 Å². The lowest BCUT2D eigenvalue weighted by atomic mass is 10.2. The molecule has 0 aliphatic carbocycles. The molecule has 0 radical (unpaired) electrons. The first-order valence-corrected chi connectivity index (χ1v) is 18.4. The number of nitrogens with zero attached hydrogens (tertiary/aromatic N) is 1. The maximum absolute atomic E-state index is 14.0. The van der Waals surface area contributed by atoms with Gasteiger partial charge in [0.1, 0.15) is 5.75 Å². The van der Waals surface area contributed by atoms with E-state index in [1.807, 2.05) is 30.3 Å². The summed E-state index contributed by atoms with van der Waals surface area (Å²) in [5.41, 5.74) is 0.146. The first kappa shape index (κ1) is 28.8. The molecule has 1 fully saturated rings. The van der Waals surface area contributed by atoms with Gasteiger partial charge in [0.2, 0.25) is 0 Å². The third-order valence-corrected chi connectivity index (χ3v) is 14.4. The van der Waals surface area contributed by atoms with Gasteiger partial charge in [0.05, 0.1) is 0 Å². The van der Waals surface area contributed by atoms with Crippen LogP contribution in [0.2, 0.25) is 0 Å². The highest BCUT2D eigenvalue weighted by molar-refractivity contribution is 7.84. The molecular formula is C35H33NO3P2S. The highest BCUT2D eigenvalue weighted by atomic mass is 32.2. The fraction of sp³-hybridized carbons (Fsp3) is 0.143. The van der Waals surface area contributed by atoms with Gasteiger partial charge in [0.25, 0.3) is 0 Å². The molecule has 1 aliphatic heterocycles. The predicted molar refractivity (Wildman–Crippen MR) is 178 cm³/mol. The number of hydrogen-bond acceptors (Lipinski definition) is 3. The van der Waals surface area contributed by atoms with Gasteiger partial charge in [0, 0.05) is 18.2 Å². The Labute approximate surface area is 251 Å². The average molecular weight is 610 g/mol. The topological polar surface area (TPSA) is 46.6 Å². The predicted octanol–water partition coefficient (Wildman–Crippen LogP) is 6.02. The second-order valence-electron chi connectivity index (χ2n) is 10.3. The van der Waals surface area contributed by atoms with Crippen LogP contribution in [0.5, 0.6) is 5.75 Å². The lowest BCUT2D eigenvalue weighted by Gasteiger charge is -2.28. The Morgan fingerprint density at radius 3 is 1.45 bits per heavy atom. The molecule has 0 saturated carbocycles. The minimum Gasteiger partial charge on any atom is -0.371 e. The maximum Gasteiger partial charge on any atom is 0.385 e. The van der Waals surface area contributed by atoms with E-state index in [1.165, 1.54) is 21.2 Å². The van der Waals surface area contributed by atoms with Crippen LogP contribution < -0.4 is 25.4 Å².